The first kappa shape index (κ1) is 14.0. The van der Waals surface area contributed by atoms with Gasteiger partial charge in [0.1, 0.15) is 0 Å². The van der Waals surface area contributed by atoms with Gasteiger partial charge in [0.15, 0.2) is 0 Å². The van der Waals surface area contributed by atoms with Crippen molar-refractivity contribution in [3.63, 3.8) is 0 Å². The minimum atomic E-state index is 0.175. The summed E-state index contributed by atoms with van der Waals surface area (Å²) in [5, 5.41) is 4.80. The predicted molar refractivity (Wildman–Crippen MR) is 78.2 cm³/mol. The van der Waals surface area contributed by atoms with E-state index in [1.807, 2.05) is 17.5 Å². The summed E-state index contributed by atoms with van der Waals surface area (Å²) < 4.78 is 0. The third kappa shape index (κ3) is 3.53. The van der Waals surface area contributed by atoms with Gasteiger partial charge in [-0.2, -0.15) is 0 Å². The molecule has 1 fully saturated rings. The third-order valence-electron chi connectivity index (χ3n) is 3.55. The molecular weight excluding hydrogens is 242 g/mol. The van der Waals surface area contributed by atoms with E-state index in [1.165, 1.54) is 29.3 Å². The maximum atomic E-state index is 4.52. The second kappa shape index (κ2) is 5.68. The van der Waals surface area contributed by atoms with Gasteiger partial charge in [0.05, 0.1) is 5.01 Å². The van der Waals surface area contributed by atoms with Crippen molar-refractivity contribution in [3.8, 4) is 0 Å². The van der Waals surface area contributed by atoms with Crippen LogP contribution in [0.15, 0.2) is 6.20 Å². The highest BCUT2D eigenvalue weighted by Crippen LogP contribution is 2.26. The van der Waals surface area contributed by atoms with E-state index in [4.69, 9.17) is 0 Å². The van der Waals surface area contributed by atoms with Crippen molar-refractivity contribution in [3.05, 3.63) is 16.1 Å². The number of nitrogens with one attached hydrogen (secondary N) is 1. The summed E-state index contributed by atoms with van der Waals surface area (Å²) >= 11 is 1.84. The van der Waals surface area contributed by atoms with Crippen LogP contribution in [0.4, 0.5) is 0 Å². The molecular formula is C14H25N3S. The molecule has 0 bridgehead atoms. The molecule has 18 heavy (non-hydrogen) atoms. The molecule has 0 amide bonds. The number of nitrogens with zero attached hydrogens (tertiary/aromatic N) is 2. The van der Waals surface area contributed by atoms with Gasteiger partial charge in [-0.3, -0.25) is 0 Å². The zero-order chi connectivity index (χ0) is 13.2. The van der Waals surface area contributed by atoms with Crippen molar-refractivity contribution in [1.29, 1.82) is 0 Å². The molecule has 3 nitrogen and oxygen atoms in total. The lowest BCUT2D eigenvalue weighted by atomic mass is 9.98. The molecule has 1 aromatic heterocycles. The van der Waals surface area contributed by atoms with Crippen LogP contribution in [-0.2, 0) is 12.0 Å². The average molecular weight is 267 g/mol. The molecule has 0 aliphatic carbocycles. The van der Waals surface area contributed by atoms with Crippen LogP contribution in [0.1, 0.15) is 43.5 Å². The molecule has 0 aromatic carbocycles. The lowest BCUT2D eigenvalue weighted by Crippen LogP contribution is -2.35. The lowest BCUT2D eigenvalue weighted by Gasteiger charge is -2.19. The van der Waals surface area contributed by atoms with E-state index in [2.05, 4.69) is 43.0 Å². The van der Waals surface area contributed by atoms with E-state index in [1.54, 1.807) is 0 Å². The maximum Gasteiger partial charge on any atom is 0.0981 e. The van der Waals surface area contributed by atoms with Crippen molar-refractivity contribution in [1.82, 2.24) is 15.2 Å². The molecule has 0 saturated carbocycles. The Balaban J connectivity index is 1.78. The van der Waals surface area contributed by atoms with Crippen LogP contribution in [0.2, 0.25) is 0 Å². The summed E-state index contributed by atoms with van der Waals surface area (Å²) in [5.41, 5.74) is 0.175. The minimum Gasteiger partial charge on any atom is -0.310 e. The van der Waals surface area contributed by atoms with E-state index < -0.39 is 0 Å². The number of rotatable bonds is 4. The summed E-state index contributed by atoms with van der Waals surface area (Å²) in [6.07, 6.45) is 4.70. The largest absolute Gasteiger partial charge is 0.310 e. The predicted octanol–water partition coefficient (Wildman–Crippen LogP) is 2.62. The molecule has 1 aromatic rings. The standard InChI is InChI=1S/C14H25N3S/c1-14(2,3)13-16-10-12(18-13)9-15-8-11-6-5-7-17(11)4/h10-11,15H,5-9H2,1-4H3. The van der Waals surface area contributed by atoms with Crippen LogP contribution in [0.5, 0.6) is 0 Å². The Bertz CT molecular complexity index is 381. The van der Waals surface area contributed by atoms with Crippen LogP contribution in [0.3, 0.4) is 0 Å². The van der Waals surface area contributed by atoms with Crippen molar-refractivity contribution in [2.24, 2.45) is 0 Å². The normalized spacial score (nSPS) is 21.7. The summed E-state index contributed by atoms with van der Waals surface area (Å²) in [5.74, 6) is 0. The Kier molecular flexibility index (Phi) is 4.41. The first-order valence-electron chi connectivity index (χ1n) is 6.83. The highest BCUT2D eigenvalue weighted by atomic mass is 32.1. The number of thiazole rings is 1. The Morgan fingerprint density at radius 2 is 2.28 bits per heavy atom. The monoisotopic (exact) mass is 267 g/mol. The number of hydrogen-bond acceptors (Lipinski definition) is 4. The van der Waals surface area contributed by atoms with E-state index in [9.17, 15) is 0 Å². The number of likely N-dealkylation sites (tertiary alicyclic amines) is 1. The summed E-state index contributed by atoms with van der Waals surface area (Å²) in [4.78, 5) is 8.33. The summed E-state index contributed by atoms with van der Waals surface area (Å²) in [6.45, 7) is 9.96. The zero-order valence-corrected chi connectivity index (χ0v) is 12.8. The van der Waals surface area contributed by atoms with Gasteiger partial charge in [-0.05, 0) is 26.4 Å². The van der Waals surface area contributed by atoms with Gasteiger partial charge >= 0.3 is 0 Å². The minimum absolute atomic E-state index is 0.175. The van der Waals surface area contributed by atoms with Gasteiger partial charge in [-0.1, -0.05) is 20.8 Å². The Labute approximate surface area is 115 Å². The molecule has 4 heteroatoms. The van der Waals surface area contributed by atoms with Crippen molar-refractivity contribution >= 4 is 11.3 Å². The molecule has 0 spiro atoms. The molecule has 2 rings (SSSR count). The molecule has 2 heterocycles. The summed E-state index contributed by atoms with van der Waals surface area (Å²) in [7, 11) is 2.23. The quantitative estimate of drug-likeness (QED) is 0.909. The highest BCUT2D eigenvalue weighted by molar-refractivity contribution is 7.11. The fraction of sp³-hybridized carbons (Fsp3) is 0.786. The Morgan fingerprint density at radius 3 is 2.83 bits per heavy atom. The second-order valence-corrected chi connectivity index (χ2v) is 7.40. The van der Waals surface area contributed by atoms with Gasteiger partial charge in [-0.15, -0.1) is 11.3 Å². The molecule has 0 radical (unpaired) electrons. The topological polar surface area (TPSA) is 28.2 Å². The fourth-order valence-corrected chi connectivity index (χ4v) is 3.27. The fourth-order valence-electron chi connectivity index (χ4n) is 2.34. The molecule has 1 atom stereocenters. The number of likely N-dealkylation sites (N-methyl/N-ethyl adjacent to an activating group) is 1. The molecule has 102 valence electrons. The van der Waals surface area contributed by atoms with E-state index in [0.29, 0.717) is 0 Å². The van der Waals surface area contributed by atoms with Crippen LogP contribution in [0, 0.1) is 0 Å². The second-order valence-electron chi connectivity index (χ2n) is 6.29. The van der Waals surface area contributed by atoms with Gasteiger partial charge < -0.3 is 10.2 Å². The van der Waals surface area contributed by atoms with Crippen molar-refractivity contribution in [2.45, 2.75) is 51.6 Å². The van der Waals surface area contributed by atoms with Gasteiger partial charge in [0.25, 0.3) is 0 Å². The lowest BCUT2D eigenvalue weighted by molar-refractivity contribution is 0.300. The van der Waals surface area contributed by atoms with E-state index in [0.717, 1.165) is 19.1 Å². The average Bonchev–Trinajstić information content (AvgIpc) is 2.88. The van der Waals surface area contributed by atoms with E-state index in [-0.39, 0.29) is 5.41 Å². The highest BCUT2D eigenvalue weighted by Gasteiger charge is 2.20. The first-order chi connectivity index (χ1) is 8.47. The maximum absolute atomic E-state index is 4.52. The molecule has 1 aliphatic rings. The van der Waals surface area contributed by atoms with Crippen LogP contribution < -0.4 is 5.32 Å². The van der Waals surface area contributed by atoms with Gasteiger partial charge in [0, 0.05) is 35.6 Å². The first-order valence-corrected chi connectivity index (χ1v) is 7.64. The number of aromatic nitrogens is 1. The number of hydrogen-bond donors (Lipinski definition) is 1. The van der Waals surface area contributed by atoms with Crippen molar-refractivity contribution < 1.29 is 0 Å². The SMILES string of the molecule is CN1CCCC1CNCc1cnc(C(C)(C)C)s1. The van der Waals surface area contributed by atoms with Gasteiger partial charge in [-0.25, -0.2) is 4.98 Å². The Morgan fingerprint density at radius 1 is 1.50 bits per heavy atom. The zero-order valence-electron chi connectivity index (χ0n) is 12.0. The molecule has 1 N–H and O–H groups in total. The van der Waals surface area contributed by atoms with Crippen LogP contribution in [-0.4, -0.2) is 36.1 Å². The smallest absolute Gasteiger partial charge is 0.0981 e. The van der Waals surface area contributed by atoms with Crippen molar-refractivity contribution in [2.75, 3.05) is 20.1 Å². The molecule has 1 aliphatic heterocycles. The van der Waals surface area contributed by atoms with Gasteiger partial charge in [0.2, 0.25) is 0 Å². The third-order valence-corrected chi connectivity index (χ3v) is 4.97. The Hall–Kier alpha value is -0.450. The molecule has 1 unspecified atom stereocenters. The van der Waals surface area contributed by atoms with Crippen LogP contribution in [0.25, 0.3) is 0 Å². The molecule has 1 saturated heterocycles. The van der Waals surface area contributed by atoms with E-state index >= 15 is 0 Å². The van der Waals surface area contributed by atoms with Crippen LogP contribution >= 0.6 is 11.3 Å². The summed E-state index contributed by atoms with van der Waals surface area (Å²) in [6, 6.07) is 0.722.